The Balaban J connectivity index is 2.45. The van der Waals surface area contributed by atoms with Gasteiger partial charge in [-0.3, -0.25) is 4.79 Å². The summed E-state index contributed by atoms with van der Waals surface area (Å²) in [6, 6.07) is 3.73. The maximum Gasteiger partial charge on any atom is 0.217 e. The summed E-state index contributed by atoms with van der Waals surface area (Å²) in [5.41, 5.74) is 0. The Morgan fingerprint density at radius 3 is 2.91 bits per heavy atom. The van der Waals surface area contributed by atoms with E-state index in [0.717, 1.165) is 9.21 Å². The van der Waals surface area contributed by atoms with Crippen molar-refractivity contribution in [1.82, 2.24) is 5.32 Å². The van der Waals surface area contributed by atoms with Crippen LogP contribution in [0.1, 0.15) is 11.8 Å². The maximum atomic E-state index is 10.5. The maximum absolute atomic E-state index is 10.5. The lowest BCUT2D eigenvalue weighted by Gasteiger charge is -1.96. The Hall–Kier alpha value is -0.540. The smallest absolute Gasteiger partial charge is 0.217 e. The fourth-order valence-electron chi connectivity index (χ4n) is 0.658. The minimum Gasteiger partial charge on any atom is -0.351 e. The van der Waals surface area contributed by atoms with Crippen LogP contribution in [0.2, 0.25) is 4.34 Å². The zero-order valence-corrected chi connectivity index (χ0v) is 7.63. The molecule has 60 valence electrons. The van der Waals surface area contributed by atoms with Gasteiger partial charge in [-0.05, 0) is 12.1 Å². The van der Waals surface area contributed by atoms with Gasteiger partial charge in [-0.15, -0.1) is 11.3 Å². The van der Waals surface area contributed by atoms with E-state index in [-0.39, 0.29) is 5.91 Å². The highest BCUT2D eigenvalue weighted by Crippen LogP contribution is 2.20. The molecule has 1 aromatic heterocycles. The topological polar surface area (TPSA) is 29.1 Å². The van der Waals surface area contributed by atoms with Crippen molar-refractivity contribution in [1.29, 1.82) is 0 Å². The highest BCUT2D eigenvalue weighted by Gasteiger charge is 1.97. The summed E-state index contributed by atoms with van der Waals surface area (Å²) in [5.74, 6) is -0.0190. The fourth-order valence-corrected chi connectivity index (χ4v) is 1.69. The highest BCUT2D eigenvalue weighted by atomic mass is 35.5. The van der Waals surface area contributed by atoms with Crippen molar-refractivity contribution < 1.29 is 4.79 Å². The molecule has 0 unspecified atom stereocenters. The van der Waals surface area contributed by atoms with Gasteiger partial charge in [-0.2, -0.15) is 0 Å². The van der Waals surface area contributed by atoms with E-state index in [2.05, 4.69) is 5.32 Å². The third-order valence-corrected chi connectivity index (χ3v) is 2.37. The molecule has 1 amide bonds. The van der Waals surface area contributed by atoms with Gasteiger partial charge >= 0.3 is 0 Å². The zero-order valence-electron chi connectivity index (χ0n) is 6.06. The van der Waals surface area contributed by atoms with Crippen LogP contribution in [0.3, 0.4) is 0 Å². The second-order valence-electron chi connectivity index (χ2n) is 2.12. The normalized spacial score (nSPS) is 9.64. The van der Waals surface area contributed by atoms with Crippen LogP contribution in [0.4, 0.5) is 0 Å². The summed E-state index contributed by atoms with van der Waals surface area (Å²) >= 11 is 7.16. The second-order valence-corrected chi connectivity index (χ2v) is 3.92. The SMILES string of the molecule is CC(=O)NCc1ccc(Cl)s1. The quantitative estimate of drug-likeness (QED) is 0.758. The van der Waals surface area contributed by atoms with Gasteiger partial charge in [-0.25, -0.2) is 0 Å². The monoisotopic (exact) mass is 189 g/mol. The van der Waals surface area contributed by atoms with Gasteiger partial charge in [0.15, 0.2) is 0 Å². The number of rotatable bonds is 2. The molecule has 2 nitrogen and oxygen atoms in total. The van der Waals surface area contributed by atoms with Crippen molar-refractivity contribution in [2.75, 3.05) is 0 Å². The standard InChI is InChI=1S/C7H8ClNOS/c1-5(10)9-4-6-2-3-7(8)11-6/h2-3H,4H2,1H3,(H,9,10). The molecule has 4 heteroatoms. The Morgan fingerprint density at radius 2 is 2.45 bits per heavy atom. The average Bonchev–Trinajstić information content (AvgIpc) is 2.31. The number of hydrogen-bond acceptors (Lipinski definition) is 2. The van der Waals surface area contributed by atoms with Gasteiger partial charge in [0.1, 0.15) is 0 Å². The molecule has 11 heavy (non-hydrogen) atoms. The van der Waals surface area contributed by atoms with Crippen LogP contribution in [0.5, 0.6) is 0 Å². The van der Waals surface area contributed by atoms with Crippen molar-refractivity contribution >= 4 is 28.8 Å². The Labute approximate surface area is 74.2 Å². The second kappa shape index (κ2) is 3.74. The van der Waals surface area contributed by atoms with Gasteiger partial charge in [-0.1, -0.05) is 11.6 Å². The molecule has 0 fully saturated rings. The number of halogens is 1. The number of amides is 1. The molecular formula is C7H8ClNOS. The molecule has 1 N–H and O–H groups in total. The molecular weight excluding hydrogens is 182 g/mol. The largest absolute Gasteiger partial charge is 0.351 e. The van der Waals surface area contributed by atoms with Crippen LogP contribution in [0.25, 0.3) is 0 Å². The van der Waals surface area contributed by atoms with Crippen LogP contribution in [-0.4, -0.2) is 5.91 Å². The van der Waals surface area contributed by atoms with Gasteiger partial charge in [0.2, 0.25) is 5.91 Å². The number of hydrogen-bond donors (Lipinski definition) is 1. The molecule has 0 radical (unpaired) electrons. The first-order chi connectivity index (χ1) is 5.18. The fraction of sp³-hybridized carbons (Fsp3) is 0.286. The van der Waals surface area contributed by atoms with Gasteiger partial charge in [0.25, 0.3) is 0 Å². The van der Waals surface area contributed by atoms with Crippen molar-refractivity contribution in [2.45, 2.75) is 13.5 Å². The average molecular weight is 190 g/mol. The van der Waals surface area contributed by atoms with E-state index in [9.17, 15) is 4.79 Å². The first-order valence-corrected chi connectivity index (χ1v) is 4.36. The third-order valence-electron chi connectivity index (χ3n) is 1.14. The van der Waals surface area contributed by atoms with E-state index in [0.29, 0.717) is 6.54 Å². The summed E-state index contributed by atoms with van der Waals surface area (Å²) in [5, 5.41) is 2.69. The first-order valence-electron chi connectivity index (χ1n) is 3.17. The predicted octanol–water partition coefficient (Wildman–Crippen LogP) is 2.04. The Bertz CT molecular complexity index is 259. The minimum atomic E-state index is -0.0190. The van der Waals surface area contributed by atoms with Crippen molar-refractivity contribution in [3.05, 3.63) is 21.3 Å². The van der Waals surface area contributed by atoms with Crippen LogP contribution >= 0.6 is 22.9 Å². The summed E-state index contributed by atoms with van der Waals surface area (Å²) in [7, 11) is 0. The van der Waals surface area contributed by atoms with E-state index in [1.165, 1.54) is 18.3 Å². The lowest BCUT2D eigenvalue weighted by atomic mass is 10.4. The molecule has 0 bridgehead atoms. The van der Waals surface area contributed by atoms with Gasteiger partial charge < -0.3 is 5.32 Å². The summed E-state index contributed by atoms with van der Waals surface area (Å²) in [6.45, 7) is 2.07. The Morgan fingerprint density at radius 1 is 1.73 bits per heavy atom. The number of carbonyl (C=O) groups excluding carboxylic acids is 1. The van der Waals surface area contributed by atoms with Crippen LogP contribution in [-0.2, 0) is 11.3 Å². The van der Waals surface area contributed by atoms with Crippen molar-refractivity contribution in [3.8, 4) is 0 Å². The first kappa shape index (κ1) is 8.56. The molecule has 0 aliphatic rings. The minimum absolute atomic E-state index is 0.0190. The third kappa shape index (κ3) is 2.91. The molecule has 0 saturated heterocycles. The summed E-state index contributed by atoms with van der Waals surface area (Å²) in [6.07, 6.45) is 0. The Kier molecular flexibility index (Phi) is 2.91. The molecule has 1 heterocycles. The molecule has 0 spiro atoms. The molecule has 1 aromatic rings. The number of thiophene rings is 1. The van der Waals surface area contributed by atoms with E-state index >= 15 is 0 Å². The van der Waals surface area contributed by atoms with Crippen molar-refractivity contribution in [3.63, 3.8) is 0 Å². The van der Waals surface area contributed by atoms with Crippen LogP contribution < -0.4 is 5.32 Å². The van der Waals surface area contributed by atoms with Crippen molar-refractivity contribution in [2.24, 2.45) is 0 Å². The molecule has 0 aliphatic heterocycles. The molecule has 0 atom stereocenters. The summed E-state index contributed by atoms with van der Waals surface area (Å²) < 4.78 is 0.755. The zero-order chi connectivity index (χ0) is 8.27. The van der Waals surface area contributed by atoms with Gasteiger partial charge in [0.05, 0.1) is 10.9 Å². The van der Waals surface area contributed by atoms with E-state index in [1.807, 2.05) is 12.1 Å². The van der Waals surface area contributed by atoms with Crippen LogP contribution in [0, 0.1) is 0 Å². The molecule has 1 rings (SSSR count). The lowest BCUT2D eigenvalue weighted by Crippen LogP contribution is -2.17. The van der Waals surface area contributed by atoms with E-state index in [4.69, 9.17) is 11.6 Å². The van der Waals surface area contributed by atoms with E-state index in [1.54, 1.807) is 0 Å². The molecule has 0 aliphatic carbocycles. The highest BCUT2D eigenvalue weighted by molar-refractivity contribution is 7.16. The number of nitrogens with one attached hydrogen (secondary N) is 1. The van der Waals surface area contributed by atoms with Gasteiger partial charge in [0, 0.05) is 11.8 Å². The predicted molar refractivity (Wildman–Crippen MR) is 46.8 cm³/mol. The number of carbonyl (C=O) groups is 1. The summed E-state index contributed by atoms with van der Waals surface area (Å²) in [4.78, 5) is 11.6. The lowest BCUT2D eigenvalue weighted by molar-refractivity contribution is -0.119. The molecule has 0 saturated carbocycles. The van der Waals surface area contributed by atoms with E-state index < -0.39 is 0 Å². The molecule has 0 aromatic carbocycles. The van der Waals surface area contributed by atoms with Crippen LogP contribution in [0.15, 0.2) is 12.1 Å².